The van der Waals surface area contributed by atoms with Crippen LogP contribution in [0.2, 0.25) is 0 Å². The van der Waals surface area contributed by atoms with Crippen molar-refractivity contribution in [2.24, 2.45) is 16.8 Å². The summed E-state index contributed by atoms with van der Waals surface area (Å²) in [5.41, 5.74) is 5.43. The Kier molecular flexibility index (Phi) is 4.38. The standard InChI is InChI=1S/C8H17N3OS/c1-6(8(9)11-12)10-4-7-2-3-13-5-7/h6-7,10,12H,2-5H2,1H3,(H2,9,11). The van der Waals surface area contributed by atoms with Crippen LogP contribution in [0.3, 0.4) is 0 Å². The molecule has 0 radical (unpaired) electrons. The fraction of sp³-hybridized carbons (Fsp3) is 0.875. The fourth-order valence-electron chi connectivity index (χ4n) is 1.28. The second-order valence-corrected chi connectivity index (χ2v) is 4.53. The number of thioether (sulfide) groups is 1. The van der Waals surface area contributed by atoms with Gasteiger partial charge < -0.3 is 16.3 Å². The van der Waals surface area contributed by atoms with Gasteiger partial charge in [-0.25, -0.2) is 0 Å². The van der Waals surface area contributed by atoms with E-state index in [0.717, 1.165) is 12.5 Å². The van der Waals surface area contributed by atoms with Crippen LogP contribution in [0.15, 0.2) is 5.16 Å². The summed E-state index contributed by atoms with van der Waals surface area (Å²) in [6.07, 6.45) is 1.28. The van der Waals surface area contributed by atoms with Gasteiger partial charge in [-0.15, -0.1) is 0 Å². The molecule has 0 aromatic carbocycles. The predicted octanol–water partition coefficient (Wildman–Crippen LogP) is 0.464. The van der Waals surface area contributed by atoms with Crippen LogP contribution in [0.1, 0.15) is 13.3 Å². The second-order valence-electron chi connectivity index (χ2n) is 3.38. The van der Waals surface area contributed by atoms with E-state index in [-0.39, 0.29) is 11.9 Å². The molecule has 76 valence electrons. The second kappa shape index (κ2) is 5.34. The molecule has 0 bridgehead atoms. The lowest BCUT2D eigenvalue weighted by Crippen LogP contribution is -2.41. The maximum absolute atomic E-state index is 8.42. The van der Waals surface area contributed by atoms with Crippen molar-refractivity contribution < 1.29 is 5.21 Å². The SMILES string of the molecule is CC(NCC1CCSC1)C(N)=NO. The highest BCUT2D eigenvalue weighted by molar-refractivity contribution is 7.99. The Morgan fingerprint density at radius 3 is 3.15 bits per heavy atom. The summed E-state index contributed by atoms with van der Waals surface area (Å²) in [5.74, 6) is 3.50. The van der Waals surface area contributed by atoms with Gasteiger partial charge in [0.15, 0.2) is 5.84 Å². The molecule has 0 aliphatic carbocycles. The van der Waals surface area contributed by atoms with Crippen molar-refractivity contribution in [3.8, 4) is 0 Å². The summed E-state index contributed by atoms with van der Waals surface area (Å²) in [7, 11) is 0. The van der Waals surface area contributed by atoms with Crippen molar-refractivity contribution in [3.05, 3.63) is 0 Å². The van der Waals surface area contributed by atoms with Crippen molar-refractivity contribution >= 4 is 17.6 Å². The normalized spacial score (nSPS) is 26.2. The topological polar surface area (TPSA) is 70.6 Å². The molecule has 5 heteroatoms. The van der Waals surface area contributed by atoms with Crippen LogP contribution in [-0.4, -0.2) is 35.1 Å². The summed E-state index contributed by atoms with van der Waals surface area (Å²) in [4.78, 5) is 0. The van der Waals surface area contributed by atoms with Crippen LogP contribution in [-0.2, 0) is 0 Å². The quantitative estimate of drug-likeness (QED) is 0.269. The number of hydrogen-bond acceptors (Lipinski definition) is 4. The molecule has 0 amide bonds. The van der Waals surface area contributed by atoms with E-state index in [1.807, 2.05) is 18.7 Å². The Morgan fingerprint density at radius 1 is 1.85 bits per heavy atom. The third-order valence-electron chi connectivity index (χ3n) is 2.30. The first-order valence-corrected chi connectivity index (χ1v) is 5.68. The number of oxime groups is 1. The van der Waals surface area contributed by atoms with E-state index in [1.54, 1.807) is 0 Å². The highest BCUT2D eigenvalue weighted by Gasteiger charge is 2.16. The molecular formula is C8H17N3OS. The molecule has 1 saturated heterocycles. The third kappa shape index (κ3) is 3.44. The molecule has 13 heavy (non-hydrogen) atoms. The molecule has 4 N–H and O–H groups in total. The van der Waals surface area contributed by atoms with E-state index in [1.165, 1.54) is 17.9 Å². The van der Waals surface area contributed by atoms with Crippen LogP contribution in [0.4, 0.5) is 0 Å². The molecule has 0 spiro atoms. The summed E-state index contributed by atoms with van der Waals surface area (Å²) in [6.45, 7) is 2.86. The number of nitrogens with zero attached hydrogens (tertiary/aromatic N) is 1. The van der Waals surface area contributed by atoms with Crippen LogP contribution in [0.5, 0.6) is 0 Å². The highest BCUT2D eigenvalue weighted by atomic mass is 32.2. The molecule has 2 unspecified atom stereocenters. The molecule has 0 aromatic rings. The molecule has 4 nitrogen and oxygen atoms in total. The number of nitrogens with one attached hydrogen (secondary N) is 1. The number of amidine groups is 1. The van der Waals surface area contributed by atoms with E-state index < -0.39 is 0 Å². The maximum atomic E-state index is 8.42. The molecule has 0 saturated carbocycles. The highest BCUT2D eigenvalue weighted by Crippen LogP contribution is 2.22. The van der Waals surface area contributed by atoms with Gasteiger partial charge in [0.1, 0.15) is 0 Å². The monoisotopic (exact) mass is 203 g/mol. The van der Waals surface area contributed by atoms with E-state index in [0.29, 0.717) is 0 Å². The van der Waals surface area contributed by atoms with E-state index in [9.17, 15) is 0 Å². The minimum atomic E-state index is -0.0319. The Hall–Kier alpha value is -0.420. The summed E-state index contributed by atoms with van der Waals surface area (Å²) >= 11 is 2.00. The zero-order valence-electron chi connectivity index (χ0n) is 7.86. The predicted molar refractivity (Wildman–Crippen MR) is 56.3 cm³/mol. The Morgan fingerprint density at radius 2 is 2.62 bits per heavy atom. The van der Waals surface area contributed by atoms with Gasteiger partial charge in [0.05, 0.1) is 6.04 Å². The Labute approximate surface area is 82.9 Å². The number of rotatable bonds is 4. The molecular weight excluding hydrogens is 186 g/mol. The lowest BCUT2D eigenvalue weighted by atomic mass is 10.1. The first kappa shape index (κ1) is 10.7. The van der Waals surface area contributed by atoms with Crippen molar-refractivity contribution in [1.29, 1.82) is 0 Å². The number of nitrogens with two attached hydrogens (primary N) is 1. The van der Waals surface area contributed by atoms with Gasteiger partial charge in [-0.3, -0.25) is 0 Å². The third-order valence-corrected chi connectivity index (χ3v) is 3.53. The van der Waals surface area contributed by atoms with Gasteiger partial charge in [-0.2, -0.15) is 11.8 Å². The van der Waals surface area contributed by atoms with Crippen LogP contribution >= 0.6 is 11.8 Å². The smallest absolute Gasteiger partial charge is 0.156 e. The van der Waals surface area contributed by atoms with Gasteiger partial charge in [0, 0.05) is 0 Å². The van der Waals surface area contributed by atoms with E-state index >= 15 is 0 Å². The largest absolute Gasteiger partial charge is 0.409 e. The van der Waals surface area contributed by atoms with Crippen LogP contribution < -0.4 is 11.1 Å². The van der Waals surface area contributed by atoms with Gasteiger partial charge in [-0.05, 0) is 37.3 Å². The maximum Gasteiger partial charge on any atom is 0.156 e. The minimum Gasteiger partial charge on any atom is -0.409 e. The molecule has 1 heterocycles. The summed E-state index contributed by atoms with van der Waals surface area (Å²) < 4.78 is 0. The van der Waals surface area contributed by atoms with Gasteiger partial charge >= 0.3 is 0 Å². The lowest BCUT2D eigenvalue weighted by molar-refractivity contribution is 0.314. The average Bonchev–Trinajstić information content (AvgIpc) is 2.65. The van der Waals surface area contributed by atoms with Crippen molar-refractivity contribution in [2.75, 3.05) is 18.1 Å². The first-order chi connectivity index (χ1) is 6.24. The molecule has 1 aliphatic heterocycles. The summed E-state index contributed by atoms with van der Waals surface area (Å²) in [5, 5.41) is 14.6. The summed E-state index contributed by atoms with van der Waals surface area (Å²) in [6, 6.07) is -0.0319. The van der Waals surface area contributed by atoms with Crippen molar-refractivity contribution in [3.63, 3.8) is 0 Å². The molecule has 1 fully saturated rings. The minimum absolute atomic E-state index is 0.0319. The van der Waals surface area contributed by atoms with E-state index in [2.05, 4.69) is 10.5 Å². The van der Waals surface area contributed by atoms with Gasteiger partial charge in [-0.1, -0.05) is 5.16 Å². The van der Waals surface area contributed by atoms with Gasteiger partial charge in [0.25, 0.3) is 0 Å². The average molecular weight is 203 g/mol. The lowest BCUT2D eigenvalue weighted by Gasteiger charge is -2.15. The Bertz CT molecular complexity index is 180. The molecule has 2 atom stereocenters. The first-order valence-electron chi connectivity index (χ1n) is 4.52. The number of hydrogen-bond donors (Lipinski definition) is 3. The molecule has 0 aromatic heterocycles. The van der Waals surface area contributed by atoms with Crippen LogP contribution in [0.25, 0.3) is 0 Å². The molecule has 1 aliphatic rings. The molecule has 1 rings (SSSR count). The zero-order chi connectivity index (χ0) is 9.68. The zero-order valence-corrected chi connectivity index (χ0v) is 8.68. The van der Waals surface area contributed by atoms with Crippen molar-refractivity contribution in [2.45, 2.75) is 19.4 Å². The Balaban J connectivity index is 2.17. The van der Waals surface area contributed by atoms with Gasteiger partial charge in [0.2, 0.25) is 0 Å². The van der Waals surface area contributed by atoms with Crippen LogP contribution in [0, 0.1) is 5.92 Å². The van der Waals surface area contributed by atoms with E-state index in [4.69, 9.17) is 10.9 Å². The fourth-order valence-corrected chi connectivity index (χ4v) is 2.56. The van der Waals surface area contributed by atoms with Crippen molar-refractivity contribution in [1.82, 2.24) is 5.32 Å².